The van der Waals surface area contributed by atoms with E-state index in [-0.39, 0.29) is 5.69 Å². The fourth-order valence-corrected chi connectivity index (χ4v) is 5.98. The molecule has 3 heterocycles. The number of nitrogens with zero attached hydrogens (tertiary/aromatic N) is 4. The molecule has 1 fully saturated rings. The number of benzene rings is 1. The van der Waals surface area contributed by atoms with Gasteiger partial charge in [0.1, 0.15) is 10.0 Å². The van der Waals surface area contributed by atoms with Gasteiger partial charge in [0, 0.05) is 23.9 Å². The molecular formula is C21H23FN4O3S2. The molecule has 7 nitrogen and oxygen atoms in total. The molecule has 1 aliphatic rings. The van der Waals surface area contributed by atoms with E-state index >= 15 is 0 Å². The zero-order valence-corrected chi connectivity index (χ0v) is 19.1. The zero-order valence-electron chi connectivity index (χ0n) is 17.5. The maximum atomic E-state index is 13.8. The number of morpholine rings is 1. The fourth-order valence-electron chi connectivity index (χ4n) is 3.50. The van der Waals surface area contributed by atoms with Gasteiger partial charge in [-0.05, 0) is 24.6 Å². The lowest BCUT2D eigenvalue weighted by Gasteiger charge is -2.27. The molecule has 0 amide bonds. The summed E-state index contributed by atoms with van der Waals surface area (Å²) >= 11 is 3.11. The maximum Gasteiger partial charge on any atom is 0.355 e. The number of hydrogen-bond donors (Lipinski definition) is 1. The van der Waals surface area contributed by atoms with Gasteiger partial charge in [-0.3, -0.25) is 0 Å². The average Bonchev–Trinajstić information content (AvgIpc) is 3.29. The number of carboxylic acid groups (broad SMARTS) is 1. The second kappa shape index (κ2) is 8.97. The minimum Gasteiger partial charge on any atom is -0.476 e. The van der Waals surface area contributed by atoms with E-state index in [0.717, 1.165) is 23.1 Å². The van der Waals surface area contributed by atoms with Crippen molar-refractivity contribution in [2.45, 2.75) is 30.2 Å². The molecule has 0 saturated carbocycles. The number of thiazole rings is 1. The van der Waals surface area contributed by atoms with Gasteiger partial charge in [-0.1, -0.05) is 37.3 Å². The summed E-state index contributed by atoms with van der Waals surface area (Å²) < 4.78 is 21.7. The van der Waals surface area contributed by atoms with Crippen molar-refractivity contribution in [2.24, 2.45) is 0 Å². The molecular weight excluding hydrogens is 439 g/mol. The highest BCUT2D eigenvalue weighted by molar-refractivity contribution is 8.01. The second-order valence-electron chi connectivity index (χ2n) is 7.41. The summed E-state index contributed by atoms with van der Waals surface area (Å²) in [5.41, 5.74) is 1.35. The average molecular weight is 463 g/mol. The molecule has 31 heavy (non-hydrogen) atoms. The zero-order chi connectivity index (χ0) is 22.1. The van der Waals surface area contributed by atoms with E-state index < -0.39 is 11.8 Å². The summed E-state index contributed by atoms with van der Waals surface area (Å²) in [6, 6.07) is 5.89. The van der Waals surface area contributed by atoms with Crippen LogP contribution in [-0.2, 0) is 4.74 Å². The molecule has 1 N–H and O–H groups in total. The quantitative estimate of drug-likeness (QED) is 0.541. The molecule has 0 aliphatic carbocycles. The standard InChI is InChI=1S/C21H23FN4O3S2/c1-12(2)30-20-18(25-7-9-29-10-8-25)23-21(31-20)26-17(19(27)28)16(13(3)24-26)14-5-4-6-15(22)11-14/h4-6,11-12H,7-10H2,1-3H3,(H,27,28). The third kappa shape index (κ3) is 4.46. The first-order valence-corrected chi connectivity index (χ1v) is 11.6. The van der Waals surface area contributed by atoms with Gasteiger partial charge in [-0.2, -0.15) is 14.8 Å². The van der Waals surface area contributed by atoms with Crippen molar-refractivity contribution in [2.75, 3.05) is 31.2 Å². The van der Waals surface area contributed by atoms with Crippen LogP contribution in [-0.4, -0.2) is 57.4 Å². The van der Waals surface area contributed by atoms with Gasteiger partial charge < -0.3 is 14.7 Å². The number of carboxylic acids is 1. The first kappa shape index (κ1) is 21.8. The predicted molar refractivity (Wildman–Crippen MR) is 120 cm³/mol. The first-order valence-electron chi connectivity index (χ1n) is 9.94. The van der Waals surface area contributed by atoms with Crippen LogP contribution >= 0.6 is 23.1 Å². The largest absolute Gasteiger partial charge is 0.476 e. The van der Waals surface area contributed by atoms with Crippen LogP contribution in [0.1, 0.15) is 30.0 Å². The van der Waals surface area contributed by atoms with Crippen molar-refractivity contribution in [3.63, 3.8) is 0 Å². The van der Waals surface area contributed by atoms with Crippen molar-refractivity contribution in [1.82, 2.24) is 14.8 Å². The summed E-state index contributed by atoms with van der Waals surface area (Å²) in [7, 11) is 0. The van der Waals surface area contributed by atoms with Gasteiger partial charge in [-0.15, -0.1) is 11.8 Å². The van der Waals surface area contributed by atoms with Crippen molar-refractivity contribution < 1.29 is 19.0 Å². The Balaban J connectivity index is 1.85. The number of halogens is 1. The van der Waals surface area contributed by atoms with E-state index in [9.17, 15) is 14.3 Å². The molecule has 4 rings (SSSR count). The Bertz CT molecular complexity index is 1110. The number of aromatic carboxylic acids is 1. The van der Waals surface area contributed by atoms with Crippen LogP contribution in [0.5, 0.6) is 0 Å². The predicted octanol–water partition coefficient (Wildman–Crippen LogP) is 4.48. The third-order valence-electron chi connectivity index (χ3n) is 4.78. The van der Waals surface area contributed by atoms with Crippen LogP contribution in [0.3, 0.4) is 0 Å². The van der Waals surface area contributed by atoms with Crippen LogP contribution in [0.4, 0.5) is 10.2 Å². The molecule has 10 heteroatoms. The molecule has 1 aromatic carbocycles. The topological polar surface area (TPSA) is 80.5 Å². The number of carbonyl (C=O) groups is 1. The lowest BCUT2D eigenvalue weighted by molar-refractivity contribution is 0.0688. The highest BCUT2D eigenvalue weighted by Crippen LogP contribution is 2.40. The SMILES string of the molecule is Cc1nn(-c2nc(N3CCOCC3)c(SC(C)C)s2)c(C(=O)O)c1-c1cccc(F)c1. The normalized spacial score (nSPS) is 14.4. The second-order valence-corrected chi connectivity index (χ2v) is 10.2. The number of rotatable bonds is 6. The highest BCUT2D eigenvalue weighted by atomic mass is 32.2. The van der Waals surface area contributed by atoms with E-state index in [0.29, 0.717) is 40.4 Å². The third-order valence-corrected chi connectivity index (χ3v) is 7.00. The van der Waals surface area contributed by atoms with E-state index in [1.54, 1.807) is 30.8 Å². The van der Waals surface area contributed by atoms with Gasteiger partial charge in [0.15, 0.2) is 11.5 Å². The van der Waals surface area contributed by atoms with E-state index in [1.807, 2.05) is 0 Å². The molecule has 0 unspecified atom stereocenters. The summed E-state index contributed by atoms with van der Waals surface area (Å²) in [4.78, 5) is 19.2. The van der Waals surface area contributed by atoms with Gasteiger partial charge >= 0.3 is 5.97 Å². The van der Waals surface area contributed by atoms with E-state index in [4.69, 9.17) is 9.72 Å². The molecule has 2 aromatic heterocycles. The lowest BCUT2D eigenvalue weighted by Crippen LogP contribution is -2.36. The molecule has 0 radical (unpaired) electrons. The van der Waals surface area contributed by atoms with Gasteiger partial charge in [-0.25, -0.2) is 9.18 Å². The Morgan fingerprint density at radius 2 is 2.06 bits per heavy atom. The molecule has 3 aromatic rings. The Morgan fingerprint density at radius 3 is 2.71 bits per heavy atom. The molecule has 0 bridgehead atoms. The Morgan fingerprint density at radius 1 is 1.32 bits per heavy atom. The summed E-state index contributed by atoms with van der Waals surface area (Å²) in [5, 5.41) is 15.3. The molecule has 1 saturated heterocycles. The number of anilines is 1. The van der Waals surface area contributed by atoms with Crippen LogP contribution in [0.2, 0.25) is 0 Å². The number of hydrogen-bond acceptors (Lipinski definition) is 7. The highest BCUT2D eigenvalue weighted by Gasteiger charge is 2.28. The van der Waals surface area contributed by atoms with Crippen LogP contribution < -0.4 is 4.90 Å². The molecule has 0 atom stereocenters. The number of aromatic nitrogens is 3. The van der Waals surface area contributed by atoms with Crippen molar-refractivity contribution >= 4 is 34.9 Å². The molecule has 164 valence electrons. The van der Waals surface area contributed by atoms with Gasteiger partial charge in [0.2, 0.25) is 5.13 Å². The summed E-state index contributed by atoms with van der Waals surface area (Å²) in [6.45, 7) is 8.66. The van der Waals surface area contributed by atoms with Gasteiger partial charge in [0.25, 0.3) is 0 Å². The number of aryl methyl sites for hydroxylation is 1. The Hall–Kier alpha value is -2.43. The maximum absolute atomic E-state index is 13.8. The minimum absolute atomic E-state index is 0.0218. The molecule has 1 aliphatic heterocycles. The van der Waals surface area contributed by atoms with Crippen molar-refractivity contribution in [1.29, 1.82) is 0 Å². The summed E-state index contributed by atoms with van der Waals surface area (Å²) in [5.74, 6) is -0.736. The summed E-state index contributed by atoms with van der Waals surface area (Å²) in [6.07, 6.45) is 0. The Kier molecular flexibility index (Phi) is 6.31. The minimum atomic E-state index is -1.14. The van der Waals surface area contributed by atoms with Gasteiger partial charge in [0.05, 0.1) is 18.9 Å². The van der Waals surface area contributed by atoms with Crippen LogP contribution in [0.15, 0.2) is 28.5 Å². The first-order chi connectivity index (χ1) is 14.8. The number of ether oxygens (including phenoxy) is 1. The van der Waals surface area contributed by atoms with E-state index in [1.165, 1.54) is 28.2 Å². The van der Waals surface area contributed by atoms with Crippen molar-refractivity contribution in [3.05, 3.63) is 41.5 Å². The van der Waals surface area contributed by atoms with Crippen molar-refractivity contribution in [3.8, 4) is 16.3 Å². The van der Waals surface area contributed by atoms with Crippen LogP contribution in [0.25, 0.3) is 16.3 Å². The lowest BCUT2D eigenvalue weighted by atomic mass is 10.0. The van der Waals surface area contributed by atoms with Crippen LogP contribution in [0, 0.1) is 12.7 Å². The molecule has 0 spiro atoms. The number of thioether (sulfide) groups is 1. The monoisotopic (exact) mass is 462 g/mol. The Labute approximate surface area is 187 Å². The smallest absolute Gasteiger partial charge is 0.355 e. The van der Waals surface area contributed by atoms with E-state index in [2.05, 4.69) is 23.8 Å². The fraction of sp³-hybridized carbons (Fsp3) is 0.381.